The molecule has 1 saturated carbocycles. The standard InChI is InChI=1S/C14H24N2OS/c1-10-5-7-14(17-4,8-6-10)13-16-11(2)12(18-13)9-15-3/h10,15H,5-9H2,1-4H3. The van der Waals surface area contributed by atoms with Crippen LogP contribution in [0.5, 0.6) is 0 Å². The Morgan fingerprint density at radius 2 is 2.11 bits per heavy atom. The molecule has 1 aromatic rings. The summed E-state index contributed by atoms with van der Waals surface area (Å²) in [6, 6.07) is 0. The second kappa shape index (κ2) is 5.68. The molecule has 4 heteroatoms. The Bertz CT molecular complexity index is 394. The molecule has 1 aromatic heterocycles. The van der Waals surface area contributed by atoms with Crippen molar-refractivity contribution in [1.82, 2.24) is 10.3 Å². The van der Waals surface area contributed by atoms with E-state index in [1.165, 1.54) is 22.7 Å². The summed E-state index contributed by atoms with van der Waals surface area (Å²) in [5.74, 6) is 0.825. The van der Waals surface area contributed by atoms with E-state index in [0.29, 0.717) is 0 Å². The molecule has 0 bridgehead atoms. The van der Waals surface area contributed by atoms with Crippen molar-refractivity contribution in [2.75, 3.05) is 14.2 Å². The molecule has 0 amide bonds. The molecule has 102 valence electrons. The summed E-state index contributed by atoms with van der Waals surface area (Å²) in [5, 5.41) is 4.39. The van der Waals surface area contributed by atoms with E-state index in [9.17, 15) is 0 Å². The summed E-state index contributed by atoms with van der Waals surface area (Å²) in [6.45, 7) is 5.33. The summed E-state index contributed by atoms with van der Waals surface area (Å²) >= 11 is 1.82. The van der Waals surface area contributed by atoms with Gasteiger partial charge in [0.2, 0.25) is 0 Å². The zero-order valence-corrected chi connectivity index (χ0v) is 12.7. The summed E-state index contributed by atoms with van der Waals surface area (Å²) in [7, 11) is 3.82. The minimum atomic E-state index is -0.117. The maximum Gasteiger partial charge on any atom is 0.125 e. The lowest BCUT2D eigenvalue weighted by Gasteiger charge is -2.36. The summed E-state index contributed by atoms with van der Waals surface area (Å²) in [5.41, 5.74) is 1.04. The first-order valence-electron chi connectivity index (χ1n) is 6.78. The highest BCUT2D eigenvalue weighted by molar-refractivity contribution is 7.11. The van der Waals surface area contributed by atoms with Crippen LogP contribution < -0.4 is 5.32 Å². The normalized spacial score (nSPS) is 28.6. The van der Waals surface area contributed by atoms with Gasteiger partial charge in [-0.1, -0.05) is 6.92 Å². The van der Waals surface area contributed by atoms with E-state index < -0.39 is 0 Å². The molecule has 0 radical (unpaired) electrons. The average Bonchev–Trinajstić information content (AvgIpc) is 2.74. The van der Waals surface area contributed by atoms with Crippen LogP contribution in [0.1, 0.15) is 48.2 Å². The SMILES string of the molecule is CNCc1sc(C2(OC)CCC(C)CC2)nc1C. The van der Waals surface area contributed by atoms with Crippen LogP contribution in [0.15, 0.2) is 0 Å². The van der Waals surface area contributed by atoms with Crippen LogP contribution in [0, 0.1) is 12.8 Å². The molecule has 0 unspecified atom stereocenters. The highest BCUT2D eigenvalue weighted by Gasteiger charge is 2.38. The van der Waals surface area contributed by atoms with Crippen molar-refractivity contribution in [1.29, 1.82) is 0 Å². The van der Waals surface area contributed by atoms with Crippen LogP contribution in [-0.4, -0.2) is 19.1 Å². The topological polar surface area (TPSA) is 34.1 Å². The lowest BCUT2D eigenvalue weighted by molar-refractivity contribution is -0.0531. The maximum absolute atomic E-state index is 5.89. The fourth-order valence-electron chi connectivity index (χ4n) is 2.68. The Labute approximate surface area is 114 Å². The van der Waals surface area contributed by atoms with Crippen molar-refractivity contribution in [2.24, 2.45) is 5.92 Å². The monoisotopic (exact) mass is 268 g/mol. The molecule has 2 rings (SSSR count). The van der Waals surface area contributed by atoms with Gasteiger partial charge >= 0.3 is 0 Å². The molecular weight excluding hydrogens is 244 g/mol. The maximum atomic E-state index is 5.89. The first kappa shape index (κ1) is 14.0. The van der Waals surface area contributed by atoms with E-state index in [0.717, 1.165) is 31.0 Å². The van der Waals surface area contributed by atoms with Crippen LogP contribution >= 0.6 is 11.3 Å². The van der Waals surface area contributed by atoms with Crippen molar-refractivity contribution in [2.45, 2.75) is 51.7 Å². The first-order valence-corrected chi connectivity index (χ1v) is 7.59. The second-order valence-corrected chi connectivity index (χ2v) is 6.52. The van der Waals surface area contributed by atoms with Crippen LogP contribution in [0.4, 0.5) is 0 Å². The predicted octanol–water partition coefficient (Wildman–Crippen LogP) is 3.22. The second-order valence-electron chi connectivity index (χ2n) is 5.44. The molecule has 1 heterocycles. The van der Waals surface area contributed by atoms with Gasteiger partial charge in [-0.2, -0.15) is 0 Å². The van der Waals surface area contributed by atoms with E-state index in [1.54, 1.807) is 0 Å². The molecule has 0 atom stereocenters. The van der Waals surface area contributed by atoms with E-state index >= 15 is 0 Å². The van der Waals surface area contributed by atoms with Crippen LogP contribution in [0.3, 0.4) is 0 Å². The average molecular weight is 268 g/mol. The summed E-state index contributed by atoms with van der Waals surface area (Å²) < 4.78 is 5.89. The fourth-order valence-corrected chi connectivity index (χ4v) is 3.98. The van der Waals surface area contributed by atoms with E-state index in [-0.39, 0.29) is 5.60 Å². The smallest absolute Gasteiger partial charge is 0.125 e. The molecule has 1 aliphatic carbocycles. The molecule has 0 spiro atoms. The minimum Gasteiger partial charge on any atom is -0.371 e. The van der Waals surface area contributed by atoms with Gasteiger partial charge in [-0.15, -0.1) is 11.3 Å². The van der Waals surface area contributed by atoms with Crippen molar-refractivity contribution in [3.63, 3.8) is 0 Å². The number of ether oxygens (including phenoxy) is 1. The molecule has 3 nitrogen and oxygen atoms in total. The predicted molar refractivity (Wildman–Crippen MR) is 75.9 cm³/mol. The third-order valence-corrected chi connectivity index (χ3v) is 5.44. The quantitative estimate of drug-likeness (QED) is 0.910. The number of aryl methyl sites for hydroxylation is 1. The van der Waals surface area contributed by atoms with Gasteiger partial charge in [0.05, 0.1) is 5.69 Å². The Balaban J connectivity index is 2.24. The molecule has 1 fully saturated rings. The first-order chi connectivity index (χ1) is 8.61. The van der Waals surface area contributed by atoms with Gasteiger partial charge < -0.3 is 10.1 Å². The Kier molecular flexibility index (Phi) is 4.41. The zero-order chi connectivity index (χ0) is 13.2. The van der Waals surface area contributed by atoms with Crippen LogP contribution in [0.25, 0.3) is 0 Å². The molecular formula is C14H24N2OS. The van der Waals surface area contributed by atoms with Gasteiger partial charge in [-0.25, -0.2) is 4.98 Å². The Morgan fingerprint density at radius 3 is 2.67 bits per heavy atom. The van der Waals surface area contributed by atoms with Gasteiger partial charge in [0, 0.05) is 18.5 Å². The molecule has 0 aliphatic heterocycles. The Morgan fingerprint density at radius 1 is 1.44 bits per heavy atom. The number of rotatable bonds is 4. The fraction of sp³-hybridized carbons (Fsp3) is 0.786. The highest BCUT2D eigenvalue weighted by atomic mass is 32.1. The van der Waals surface area contributed by atoms with E-state index in [2.05, 4.69) is 19.2 Å². The zero-order valence-electron chi connectivity index (χ0n) is 11.9. The van der Waals surface area contributed by atoms with Crippen LogP contribution in [-0.2, 0) is 16.9 Å². The number of aromatic nitrogens is 1. The molecule has 0 saturated heterocycles. The lowest BCUT2D eigenvalue weighted by atomic mass is 9.80. The van der Waals surface area contributed by atoms with Crippen molar-refractivity contribution in [3.8, 4) is 0 Å². The number of nitrogens with one attached hydrogen (secondary N) is 1. The molecule has 0 aromatic carbocycles. The minimum absolute atomic E-state index is 0.117. The van der Waals surface area contributed by atoms with Gasteiger partial charge in [0.1, 0.15) is 10.6 Å². The highest BCUT2D eigenvalue weighted by Crippen LogP contribution is 2.43. The van der Waals surface area contributed by atoms with Gasteiger partial charge in [-0.3, -0.25) is 0 Å². The number of hydrogen-bond acceptors (Lipinski definition) is 4. The van der Waals surface area contributed by atoms with Crippen LogP contribution in [0.2, 0.25) is 0 Å². The molecule has 1 N–H and O–H groups in total. The summed E-state index contributed by atoms with van der Waals surface area (Å²) in [6.07, 6.45) is 4.70. The third kappa shape index (κ3) is 2.60. The number of hydrogen-bond donors (Lipinski definition) is 1. The number of nitrogens with zero attached hydrogens (tertiary/aromatic N) is 1. The van der Waals surface area contributed by atoms with Crippen molar-refractivity contribution >= 4 is 11.3 Å². The summed E-state index contributed by atoms with van der Waals surface area (Å²) in [4.78, 5) is 6.11. The van der Waals surface area contributed by atoms with E-state index in [1.807, 2.05) is 25.5 Å². The molecule has 1 aliphatic rings. The van der Waals surface area contributed by atoms with E-state index in [4.69, 9.17) is 9.72 Å². The third-order valence-electron chi connectivity index (χ3n) is 4.09. The van der Waals surface area contributed by atoms with Gasteiger partial charge in [0.15, 0.2) is 0 Å². The largest absolute Gasteiger partial charge is 0.371 e. The van der Waals surface area contributed by atoms with Gasteiger partial charge in [0.25, 0.3) is 0 Å². The number of methoxy groups -OCH3 is 1. The van der Waals surface area contributed by atoms with Gasteiger partial charge in [-0.05, 0) is 45.6 Å². The molecule has 18 heavy (non-hydrogen) atoms. The lowest BCUT2D eigenvalue weighted by Crippen LogP contribution is -2.33. The van der Waals surface area contributed by atoms with Crippen molar-refractivity contribution in [3.05, 3.63) is 15.6 Å². The van der Waals surface area contributed by atoms with Crippen molar-refractivity contribution < 1.29 is 4.74 Å². The Hall–Kier alpha value is -0.450. The number of thiazole rings is 1.